The predicted octanol–water partition coefficient (Wildman–Crippen LogP) is 1.69. The highest BCUT2D eigenvalue weighted by Gasteiger charge is 2.13. The summed E-state index contributed by atoms with van der Waals surface area (Å²) in [5.41, 5.74) is 6.92. The smallest absolute Gasteiger partial charge is 0.253 e. The molecule has 0 bridgehead atoms. The minimum atomic E-state index is -0.0305. The molecule has 20 heavy (non-hydrogen) atoms. The molecule has 5 nitrogen and oxygen atoms in total. The van der Waals surface area contributed by atoms with E-state index in [1.165, 1.54) is 0 Å². The molecule has 0 radical (unpaired) electrons. The largest absolute Gasteiger partial charge is 0.494 e. The van der Waals surface area contributed by atoms with Gasteiger partial charge in [0.2, 0.25) is 0 Å². The van der Waals surface area contributed by atoms with Gasteiger partial charge in [-0.2, -0.15) is 0 Å². The summed E-state index contributed by atoms with van der Waals surface area (Å²) >= 11 is 0. The fraction of sp³-hybridized carbons (Fsp3) is 0.533. The molecule has 0 aliphatic carbocycles. The van der Waals surface area contributed by atoms with Crippen molar-refractivity contribution in [3.63, 3.8) is 0 Å². The van der Waals surface area contributed by atoms with Crippen molar-refractivity contribution in [1.29, 1.82) is 0 Å². The van der Waals surface area contributed by atoms with Crippen molar-refractivity contribution in [2.75, 3.05) is 46.6 Å². The van der Waals surface area contributed by atoms with Crippen molar-refractivity contribution >= 4 is 11.6 Å². The zero-order valence-corrected chi connectivity index (χ0v) is 12.8. The van der Waals surface area contributed by atoms with E-state index in [1.54, 1.807) is 23.1 Å². The van der Waals surface area contributed by atoms with Crippen LogP contribution in [-0.4, -0.2) is 56.5 Å². The maximum Gasteiger partial charge on any atom is 0.253 e. The van der Waals surface area contributed by atoms with Crippen LogP contribution in [0, 0.1) is 0 Å². The molecule has 0 heterocycles. The van der Waals surface area contributed by atoms with Crippen LogP contribution < -0.4 is 10.5 Å². The molecule has 1 rings (SSSR count). The van der Waals surface area contributed by atoms with E-state index in [0.29, 0.717) is 23.6 Å². The van der Waals surface area contributed by atoms with Gasteiger partial charge in [0.1, 0.15) is 5.75 Å². The van der Waals surface area contributed by atoms with Crippen LogP contribution >= 0.6 is 0 Å². The molecule has 0 aliphatic rings. The Morgan fingerprint density at radius 2 is 1.90 bits per heavy atom. The van der Waals surface area contributed by atoms with Crippen molar-refractivity contribution in [3.05, 3.63) is 23.8 Å². The Balaban J connectivity index is 2.70. The Morgan fingerprint density at radius 3 is 2.50 bits per heavy atom. The molecule has 1 aromatic carbocycles. The van der Waals surface area contributed by atoms with Gasteiger partial charge in [0, 0.05) is 30.9 Å². The van der Waals surface area contributed by atoms with Gasteiger partial charge in [-0.05, 0) is 46.1 Å². The molecule has 1 amide bonds. The number of hydrogen-bond donors (Lipinski definition) is 1. The van der Waals surface area contributed by atoms with E-state index < -0.39 is 0 Å². The minimum absolute atomic E-state index is 0.0305. The van der Waals surface area contributed by atoms with E-state index >= 15 is 0 Å². The highest BCUT2D eigenvalue weighted by atomic mass is 16.5. The SMILES string of the molecule is CCOc1cc(N)cc(C(=O)N(C)CCCN(C)C)c1. The summed E-state index contributed by atoms with van der Waals surface area (Å²) in [5, 5.41) is 0. The Labute approximate surface area is 121 Å². The van der Waals surface area contributed by atoms with Crippen LogP contribution in [0.4, 0.5) is 5.69 Å². The molecule has 1 aromatic rings. The van der Waals surface area contributed by atoms with E-state index in [4.69, 9.17) is 10.5 Å². The average Bonchev–Trinajstić information content (AvgIpc) is 2.37. The van der Waals surface area contributed by atoms with E-state index in [0.717, 1.165) is 19.5 Å². The molecule has 0 saturated heterocycles. The van der Waals surface area contributed by atoms with Crippen LogP contribution in [0.3, 0.4) is 0 Å². The zero-order chi connectivity index (χ0) is 15.1. The standard InChI is InChI=1S/C15H25N3O2/c1-5-20-14-10-12(9-13(16)11-14)15(19)18(4)8-6-7-17(2)3/h9-11H,5-8,16H2,1-4H3. The third-order valence-corrected chi connectivity index (χ3v) is 2.93. The van der Waals surface area contributed by atoms with Crippen LogP contribution in [-0.2, 0) is 0 Å². The third-order valence-electron chi connectivity index (χ3n) is 2.93. The highest BCUT2D eigenvalue weighted by Crippen LogP contribution is 2.20. The first-order valence-electron chi connectivity index (χ1n) is 6.87. The Bertz CT molecular complexity index is 447. The number of nitrogens with two attached hydrogens (primary N) is 1. The predicted molar refractivity (Wildman–Crippen MR) is 82.2 cm³/mol. The first kappa shape index (κ1) is 16.3. The van der Waals surface area contributed by atoms with E-state index in [2.05, 4.69) is 4.90 Å². The summed E-state index contributed by atoms with van der Waals surface area (Å²) in [6.07, 6.45) is 0.940. The second kappa shape index (κ2) is 7.75. The van der Waals surface area contributed by atoms with Crippen molar-refractivity contribution in [2.45, 2.75) is 13.3 Å². The van der Waals surface area contributed by atoms with Gasteiger partial charge >= 0.3 is 0 Å². The second-order valence-electron chi connectivity index (χ2n) is 5.11. The number of nitrogens with zero attached hydrogens (tertiary/aromatic N) is 2. The fourth-order valence-corrected chi connectivity index (χ4v) is 1.94. The highest BCUT2D eigenvalue weighted by molar-refractivity contribution is 5.95. The lowest BCUT2D eigenvalue weighted by Gasteiger charge is -2.19. The summed E-state index contributed by atoms with van der Waals surface area (Å²) in [7, 11) is 5.85. The molecule has 0 fully saturated rings. The number of carbonyl (C=O) groups is 1. The molecule has 0 spiro atoms. The van der Waals surface area contributed by atoms with Gasteiger partial charge in [0.25, 0.3) is 5.91 Å². The second-order valence-corrected chi connectivity index (χ2v) is 5.11. The number of ether oxygens (including phenoxy) is 1. The lowest BCUT2D eigenvalue weighted by molar-refractivity contribution is 0.0790. The van der Waals surface area contributed by atoms with Crippen LogP contribution in [0.2, 0.25) is 0 Å². The normalized spacial score (nSPS) is 10.7. The summed E-state index contributed by atoms with van der Waals surface area (Å²) in [6, 6.07) is 5.16. The molecule has 5 heteroatoms. The van der Waals surface area contributed by atoms with Crippen LogP contribution in [0.25, 0.3) is 0 Å². The van der Waals surface area contributed by atoms with E-state index in [-0.39, 0.29) is 5.91 Å². The van der Waals surface area contributed by atoms with Gasteiger partial charge < -0.3 is 20.3 Å². The van der Waals surface area contributed by atoms with Crippen LogP contribution in [0.15, 0.2) is 18.2 Å². The van der Waals surface area contributed by atoms with Gasteiger partial charge in [-0.3, -0.25) is 4.79 Å². The lowest BCUT2D eigenvalue weighted by Crippen LogP contribution is -2.29. The quantitative estimate of drug-likeness (QED) is 0.772. The number of nitrogen functional groups attached to an aromatic ring is 1. The Morgan fingerprint density at radius 1 is 1.20 bits per heavy atom. The van der Waals surface area contributed by atoms with Crippen molar-refractivity contribution in [2.24, 2.45) is 0 Å². The summed E-state index contributed by atoms with van der Waals surface area (Å²) in [5.74, 6) is 0.606. The summed E-state index contributed by atoms with van der Waals surface area (Å²) < 4.78 is 5.41. The number of carbonyl (C=O) groups excluding carboxylic acids is 1. The van der Waals surface area contributed by atoms with Gasteiger partial charge in [0.15, 0.2) is 0 Å². The topological polar surface area (TPSA) is 58.8 Å². The molecule has 0 unspecified atom stereocenters. The maximum atomic E-state index is 12.3. The molecular weight excluding hydrogens is 254 g/mol. The molecular formula is C15H25N3O2. The van der Waals surface area contributed by atoms with Gasteiger partial charge in [-0.15, -0.1) is 0 Å². The van der Waals surface area contributed by atoms with E-state index in [9.17, 15) is 4.79 Å². The van der Waals surface area contributed by atoms with Gasteiger partial charge in [-0.25, -0.2) is 0 Å². The van der Waals surface area contributed by atoms with E-state index in [1.807, 2.05) is 28.1 Å². The van der Waals surface area contributed by atoms with Crippen molar-refractivity contribution < 1.29 is 9.53 Å². The molecule has 112 valence electrons. The first-order valence-corrected chi connectivity index (χ1v) is 6.87. The summed E-state index contributed by atoms with van der Waals surface area (Å²) in [4.78, 5) is 16.1. The Hall–Kier alpha value is -1.75. The molecule has 0 saturated carbocycles. The van der Waals surface area contributed by atoms with Gasteiger partial charge in [-0.1, -0.05) is 0 Å². The number of benzene rings is 1. The number of amides is 1. The lowest BCUT2D eigenvalue weighted by atomic mass is 10.1. The first-order chi connectivity index (χ1) is 9.43. The van der Waals surface area contributed by atoms with Crippen molar-refractivity contribution in [1.82, 2.24) is 9.80 Å². The zero-order valence-electron chi connectivity index (χ0n) is 12.8. The minimum Gasteiger partial charge on any atom is -0.494 e. The van der Waals surface area contributed by atoms with Crippen LogP contribution in [0.5, 0.6) is 5.75 Å². The molecule has 0 aliphatic heterocycles. The fourth-order valence-electron chi connectivity index (χ4n) is 1.94. The third kappa shape index (κ3) is 5.09. The molecule has 0 atom stereocenters. The van der Waals surface area contributed by atoms with Crippen LogP contribution in [0.1, 0.15) is 23.7 Å². The van der Waals surface area contributed by atoms with Gasteiger partial charge in [0.05, 0.1) is 6.61 Å². The number of rotatable bonds is 7. The number of hydrogen-bond acceptors (Lipinski definition) is 4. The Kier molecular flexibility index (Phi) is 6.31. The summed E-state index contributed by atoms with van der Waals surface area (Å²) in [6.45, 7) is 4.13. The maximum absolute atomic E-state index is 12.3. The number of anilines is 1. The molecule has 2 N–H and O–H groups in total. The molecule has 0 aromatic heterocycles. The average molecular weight is 279 g/mol. The monoisotopic (exact) mass is 279 g/mol. The van der Waals surface area contributed by atoms with Crippen molar-refractivity contribution in [3.8, 4) is 5.75 Å².